The first-order valence-corrected chi connectivity index (χ1v) is 3.59. The second kappa shape index (κ2) is 6.28. The quantitative estimate of drug-likeness (QED) is 0.364. The summed E-state index contributed by atoms with van der Waals surface area (Å²) in [5.41, 5.74) is 10.8. The zero-order chi connectivity index (χ0) is 8.59. The molecule has 1 rings (SSSR count). The summed E-state index contributed by atoms with van der Waals surface area (Å²) in [7, 11) is 0. The monoisotopic (exact) mass is 322 g/mol. The molecule has 0 bridgehead atoms. The predicted molar refractivity (Wildman–Crippen MR) is 59.2 cm³/mol. The van der Waals surface area contributed by atoms with Gasteiger partial charge in [-0.15, -0.1) is 34.0 Å². The van der Waals surface area contributed by atoms with Crippen molar-refractivity contribution >= 4 is 34.0 Å². The van der Waals surface area contributed by atoms with Crippen LogP contribution in [0.15, 0.2) is 0 Å². The summed E-state index contributed by atoms with van der Waals surface area (Å²) in [4.78, 5) is 0. The van der Waals surface area contributed by atoms with E-state index in [-0.39, 0.29) is 34.0 Å². The molecule has 0 radical (unpaired) electrons. The minimum Gasteiger partial charge on any atom is -0.389 e. The molecule has 0 aromatic rings. The maximum atomic E-state index is 9.14. The van der Waals surface area contributed by atoms with E-state index in [1.807, 2.05) is 0 Å². The molecule has 1 fully saturated rings. The van der Waals surface area contributed by atoms with Crippen LogP contribution < -0.4 is 11.5 Å². The van der Waals surface area contributed by atoms with Crippen molar-refractivity contribution in [2.24, 2.45) is 11.5 Å². The van der Waals surface area contributed by atoms with Crippen LogP contribution in [0.25, 0.3) is 0 Å². The molecular formula is C6H16Br2N2O3. The zero-order valence-electron chi connectivity index (χ0n) is 6.91. The Morgan fingerprint density at radius 1 is 0.769 bits per heavy atom. The zero-order valence-corrected chi connectivity index (χ0v) is 10.3. The van der Waals surface area contributed by atoms with Gasteiger partial charge >= 0.3 is 0 Å². The van der Waals surface area contributed by atoms with Crippen LogP contribution in [-0.2, 0) is 0 Å². The van der Waals surface area contributed by atoms with Crippen molar-refractivity contribution in [3.05, 3.63) is 0 Å². The van der Waals surface area contributed by atoms with Gasteiger partial charge in [-0.1, -0.05) is 0 Å². The van der Waals surface area contributed by atoms with Gasteiger partial charge in [0.15, 0.2) is 0 Å². The molecule has 1 aliphatic carbocycles. The number of hydrogen-bond donors (Lipinski definition) is 5. The molecule has 82 valence electrons. The van der Waals surface area contributed by atoms with E-state index < -0.39 is 30.4 Å². The summed E-state index contributed by atoms with van der Waals surface area (Å²) >= 11 is 0. The Hall–Kier alpha value is 0.760. The van der Waals surface area contributed by atoms with Crippen molar-refractivity contribution in [2.75, 3.05) is 0 Å². The molecule has 7 heteroatoms. The maximum absolute atomic E-state index is 9.14. The number of aliphatic hydroxyl groups excluding tert-OH is 3. The molecule has 4 atom stereocenters. The number of rotatable bonds is 0. The fourth-order valence-corrected chi connectivity index (χ4v) is 1.30. The number of hydrogen-bond acceptors (Lipinski definition) is 5. The molecule has 13 heavy (non-hydrogen) atoms. The van der Waals surface area contributed by atoms with Crippen molar-refractivity contribution in [1.82, 2.24) is 0 Å². The Kier molecular flexibility index (Phi) is 7.83. The molecule has 0 spiro atoms. The first kappa shape index (κ1) is 16.2. The van der Waals surface area contributed by atoms with Crippen LogP contribution in [0.5, 0.6) is 0 Å². The fourth-order valence-electron chi connectivity index (χ4n) is 1.30. The molecule has 0 amide bonds. The van der Waals surface area contributed by atoms with Crippen LogP contribution in [0.3, 0.4) is 0 Å². The Balaban J connectivity index is 0. The summed E-state index contributed by atoms with van der Waals surface area (Å²) in [5.74, 6) is 0. The highest BCUT2D eigenvalue weighted by molar-refractivity contribution is 8.93. The molecule has 7 N–H and O–H groups in total. The van der Waals surface area contributed by atoms with E-state index in [9.17, 15) is 0 Å². The first-order valence-electron chi connectivity index (χ1n) is 3.59. The molecule has 0 heterocycles. The summed E-state index contributed by atoms with van der Waals surface area (Å²) < 4.78 is 0. The molecule has 0 saturated heterocycles. The van der Waals surface area contributed by atoms with Gasteiger partial charge in [0.05, 0.1) is 12.2 Å². The van der Waals surface area contributed by atoms with Gasteiger partial charge < -0.3 is 26.8 Å². The van der Waals surface area contributed by atoms with Crippen molar-refractivity contribution in [2.45, 2.75) is 36.8 Å². The number of aliphatic hydroxyl groups is 3. The smallest absolute Gasteiger partial charge is 0.109 e. The van der Waals surface area contributed by atoms with Crippen LogP contribution >= 0.6 is 34.0 Å². The van der Waals surface area contributed by atoms with Crippen molar-refractivity contribution < 1.29 is 15.3 Å². The van der Waals surface area contributed by atoms with Gasteiger partial charge in [0.2, 0.25) is 0 Å². The van der Waals surface area contributed by atoms with Gasteiger partial charge in [-0.05, 0) is 6.42 Å². The fraction of sp³-hybridized carbons (Fsp3) is 1.00. The van der Waals surface area contributed by atoms with Crippen LogP contribution in [0.4, 0.5) is 0 Å². The summed E-state index contributed by atoms with van der Waals surface area (Å²) in [6.07, 6.45) is -3.01. The van der Waals surface area contributed by atoms with Gasteiger partial charge in [0.1, 0.15) is 6.10 Å². The third-order valence-electron chi connectivity index (χ3n) is 2.12. The topological polar surface area (TPSA) is 113 Å². The molecule has 0 aliphatic heterocycles. The molecule has 5 nitrogen and oxygen atoms in total. The largest absolute Gasteiger partial charge is 0.389 e. The van der Waals surface area contributed by atoms with Crippen LogP contribution in [0.1, 0.15) is 6.42 Å². The van der Waals surface area contributed by atoms with E-state index in [0.717, 1.165) is 0 Å². The van der Waals surface area contributed by atoms with Crippen molar-refractivity contribution in [3.63, 3.8) is 0 Å². The van der Waals surface area contributed by atoms with Gasteiger partial charge in [-0.2, -0.15) is 0 Å². The lowest BCUT2D eigenvalue weighted by Gasteiger charge is -2.37. The Morgan fingerprint density at radius 2 is 1.08 bits per heavy atom. The van der Waals surface area contributed by atoms with Gasteiger partial charge in [-0.25, -0.2) is 0 Å². The lowest BCUT2D eigenvalue weighted by molar-refractivity contribution is -0.100. The first-order chi connectivity index (χ1) is 5.04. The predicted octanol–water partition coefficient (Wildman–Crippen LogP) is -1.72. The van der Waals surface area contributed by atoms with Gasteiger partial charge in [-0.3, -0.25) is 0 Å². The van der Waals surface area contributed by atoms with Gasteiger partial charge in [0.25, 0.3) is 0 Å². The Labute approximate surface area is 97.6 Å². The highest BCUT2D eigenvalue weighted by atomic mass is 79.9. The Bertz CT molecular complexity index is 138. The van der Waals surface area contributed by atoms with Crippen LogP contribution in [-0.4, -0.2) is 45.7 Å². The van der Waals surface area contributed by atoms with Gasteiger partial charge in [0, 0.05) is 12.1 Å². The van der Waals surface area contributed by atoms with Crippen molar-refractivity contribution in [1.29, 1.82) is 0 Å². The molecule has 1 aliphatic rings. The van der Waals surface area contributed by atoms with E-state index in [1.54, 1.807) is 0 Å². The lowest BCUT2D eigenvalue weighted by Crippen LogP contribution is -2.61. The highest BCUT2D eigenvalue weighted by Crippen LogP contribution is 2.17. The standard InChI is InChI=1S/C6H14N2O3.2BrH/c7-2-1-3(8)5(10)6(11)4(2)9;;/h2-6,9-11H,1,7-8H2;2*1H. The van der Waals surface area contributed by atoms with Crippen LogP contribution in [0.2, 0.25) is 0 Å². The molecular weight excluding hydrogens is 308 g/mol. The molecule has 4 unspecified atom stereocenters. The molecule has 1 saturated carbocycles. The second-order valence-corrected chi connectivity index (χ2v) is 3.04. The highest BCUT2D eigenvalue weighted by Gasteiger charge is 2.39. The van der Waals surface area contributed by atoms with E-state index in [2.05, 4.69) is 0 Å². The third-order valence-corrected chi connectivity index (χ3v) is 2.12. The average molecular weight is 324 g/mol. The van der Waals surface area contributed by atoms with E-state index in [4.69, 9.17) is 26.8 Å². The summed E-state index contributed by atoms with van der Waals surface area (Å²) in [6, 6.07) is -1.08. The number of nitrogens with two attached hydrogens (primary N) is 2. The van der Waals surface area contributed by atoms with E-state index in [0.29, 0.717) is 6.42 Å². The minimum absolute atomic E-state index is 0. The third kappa shape index (κ3) is 3.43. The van der Waals surface area contributed by atoms with Crippen LogP contribution in [0, 0.1) is 0 Å². The number of halogens is 2. The van der Waals surface area contributed by atoms with Crippen molar-refractivity contribution in [3.8, 4) is 0 Å². The minimum atomic E-state index is -1.21. The average Bonchev–Trinajstić information content (AvgIpc) is 1.97. The normalized spacial score (nSPS) is 44.5. The lowest BCUT2D eigenvalue weighted by atomic mass is 9.85. The summed E-state index contributed by atoms with van der Waals surface area (Å²) in [5, 5.41) is 27.4. The van der Waals surface area contributed by atoms with E-state index >= 15 is 0 Å². The Morgan fingerprint density at radius 3 is 1.38 bits per heavy atom. The SMILES string of the molecule is Br.Br.NC1CC(N)C(O)C(O)C1O. The maximum Gasteiger partial charge on any atom is 0.109 e. The molecule has 0 aromatic carbocycles. The molecule has 0 aromatic heterocycles. The van der Waals surface area contributed by atoms with E-state index in [1.165, 1.54) is 0 Å². The second-order valence-electron chi connectivity index (χ2n) is 3.04. The summed E-state index contributed by atoms with van der Waals surface area (Å²) in [6.45, 7) is 0.